The maximum atomic E-state index is 12.4. The lowest BCUT2D eigenvalue weighted by Gasteiger charge is -2.06. The molecule has 0 saturated heterocycles. The van der Waals surface area contributed by atoms with E-state index in [1.165, 1.54) is 24.3 Å². The van der Waals surface area contributed by atoms with Gasteiger partial charge in [0.1, 0.15) is 0 Å². The predicted octanol–water partition coefficient (Wildman–Crippen LogP) is 3.94. The molecule has 0 saturated carbocycles. The van der Waals surface area contributed by atoms with Crippen LogP contribution in [0.5, 0.6) is 0 Å². The number of carbonyl (C=O) groups is 1. The van der Waals surface area contributed by atoms with Crippen molar-refractivity contribution in [3.05, 3.63) is 65.7 Å². The van der Waals surface area contributed by atoms with Crippen molar-refractivity contribution in [2.24, 2.45) is 0 Å². The third kappa shape index (κ3) is 4.12. The summed E-state index contributed by atoms with van der Waals surface area (Å²) in [6.45, 7) is 0. The molecule has 22 heavy (non-hydrogen) atoms. The maximum absolute atomic E-state index is 12.4. The highest BCUT2D eigenvalue weighted by molar-refractivity contribution is 6.03. The fraction of sp³-hybridized carbons (Fsp3) is 0.0625. The Bertz CT molecular complexity index is 691. The van der Waals surface area contributed by atoms with E-state index in [0.717, 1.165) is 12.1 Å². The molecule has 0 bridgehead atoms. The number of nitrogen functional groups attached to an aromatic ring is 1. The number of nitrogens with one attached hydrogen (secondary N) is 1. The SMILES string of the molecule is Nc1ccccc1NC(=O)/C=C/c1ccc(C(F)(F)F)cc1. The lowest BCUT2D eigenvalue weighted by molar-refractivity contribution is -0.137. The molecule has 0 atom stereocenters. The molecule has 0 aliphatic carbocycles. The van der Waals surface area contributed by atoms with Gasteiger partial charge < -0.3 is 11.1 Å². The molecule has 2 aromatic rings. The quantitative estimate of drug-likeness (QED) is 0.666. The molecule has 0 aliphatic heterocycles. The van der Waals surface area contributed by atoms with Gasteiger partial charge in [-0.25, -0.2) is 0 Å². The minimum Gasteiger partial charge on any atom is -0.397 e. The standard InChI is InChI=1S/C16H13F3N2O/c17-16(18,19)12-8-5-11(6-9-12)7-10-15(22)21-14-4-2-1-3-13(14)20/h1-10H,20H2,(H,21,22)/b10-7+. The van der Waals surface area contributed by atoms with E-state index >= 15 is 0 Å². The van der Waals surface area contributed by atoms with Gasteiger partial charge in [0, 0.05) is 6.08 Å². The van der Waals surface area contributed by atoms with E-state index in [0.29, 0.717) is 16.9 Å². The van der Waals surface area contributed by atoms with Crippen molar-refractivity contribution in [3.63, 3.8) is 0 Å². The number of benzene rings is 2. The number of alkyl halides is 3. The van der Waals surface area contributed by atoms with Crippen LogP contribution >= 0.6 is 0 Å². The summed E-state index contributed by atoms with van der Waals surface area (Å²) in [6, 6.07) is 11.3. The first-order valence-electron chi connectivity index (χ1n) is 6.37. The Morgan fingerprint density at radius 2 is 1.68 bits per heavy atom. The van der Waals surface area contributed by atoms with Crippen LogP contribution in [0.1, 0.15) is 11.1 Å². The van der Waals surface area contributed by atoms with Crippen molar-refractivity contribution in [3.8, 4) is 0 Å². The third-order valence-corrected chi connectivity index (χ3v) is 2.88. The van der Waals surface area contributed by atoms with Gasteiger partial charge >= 0.3 is 6.18 Å². The molecule has 2 rings (SSSR count). The molecule has 1 amide bonds. The van der Waals surface area contributed by atoms with Crippen molar-refractivity contribution in [1.82, 2.24) is 0 Å². The van der Waals surface area contributed by atoms with E-state index in [2.05, 4.69) is 5.32 Å². The lowest BCUT2D eigenvalue weighted by Crippen LogP contribution is -2.09. The van der Waals surface area contributed by atoms with Crippen LogP contribution < -0.4 is 11.1 Å². The van der Waals surface area contributed by atoms with Crippen molar-refractivity contribution < 1.29 is 18.0 Å². The van der Waals surface area contributed by atoms with Gasteiger partial charge in [-0.3, -0.25) is 4.79 Å². The Balaban J connectivity index is 2.02. The Morgan fingerprint density at radius 3 is 2.27 bits per heavy atom. The number of nitrogens with two attached hydrogens (primary N) is 1. The zero-order chi connectivity index (χ0) is 16.2. The molecule has 0 radical (unpaired) electrons. The third-order valence-electron chi connectivity index (χ3n) is 2.88. The lowest BCUT2D eigenvalue weighted by atomic mass is 10.1. The first-order chi connectivity index (χ1) is 10.4. The highest BCUT2D eigenvalue weighted by Crippen LogP contribution is 2.29. The average molecular weight is 306 g/mol. The van der Waals surface area contributed by atoms with Crippen molar-refractivity contribution in [1.29, 1.82) is 0 Å². The van der Waals surface area contributed by atoms with Crippen LogP contribution in [-0.2, 0) is 11.0 Å². The normalized spacial score (nSPS) is 11.6. The highest BCUT2D eigenvalue weighted by atomic mass is 19.4. The smallest absolute Gasteiger partial charge is 0.397 e. The van der Waals surface area contributed by atoms with Crippen LogP contribution in [-0.4, -0.2) is 5.91 Å². The predicted molar refractivity (Wildman–Crippen MR) is 80.0 cm³/mol. The number of halogens is 3. The van der Waals surface area contributed by atoms with Gasteiger partial charge in [0.15, 0.2) is 0 Å². The molecule has 0 aromatic heterocycles. The Hall–Kier alpha value is -2.76. The second-order valence-corrected chi connectivity index (χ2v) is 4.53. The van der Waals surface area contributed by atoms with Gasteiger partial charge in [0.25, 0.3) is 0 Å². The van der Waals surface area contributed by atoms with E-state index in [1.807, 2.05) is 0 Å². The van der Waals surface area contributed by atoms with Gasteiger partial charge in [-0.05, 0) is 35.9 Å². The van der Waals surface area contributed by atoms with E-state index < -0.39 is 17.6 Å². The van der Waals surface area contributed by atoms with E-state index in [1.54, 1.807) is 24.3 Å². The molecule has 0 fully saturated rings. The highest BCUT2D eigenvalue weighted by Gasteiger charge is 2.29. The number of amides is 1. The molecule has 114 valence electrons. The van der Waals surface area contributed by atoms with Crippen LogP contribution in [0.25, 0.3) is 6.08 Å². The molecule has 2 aromatic carbocycles. The van der Waals surface area contributed by atoms with Gasteiger partial charge in [-0.2, -0.15) is 13.2 Å². The summed E-state index contributed by atoms with van der Waals surface area (Å²) in [5, 5.41) is 2.59. The monoisotopic (exact) mass is 306 g/mol. The second kappa shape index (κ2) is 6.34. The minimum atomic E-state index is -4.37. The van der Waals surface area contributed by atoms with E-state index in [9.17, 15) is 18.0 Å². The zero-order valence-corrected chi connectivity index (χ0v) is 11.4. The summed E-state index contributed by atoms with van der Waals surface area (Å²) >= 11 is 0. The fourth-order valence-electron chi connectivity index (χ4n) is 1.74. The number of para-hydroxylation sites is 2. The van der Waals surface area contributed by atoms with Crippen molar-refractivity contribution in [2.45, 2.75) is 6.18 Å². The molecular formula is C16H13F3N2O. The topological polar surface area (TPSA) is 55.1 Å². The van der Waals surface area contributed by atoms with E-state index in [-0.39, 0.29) is 0 Å². The summed E-state index contributed by atoms with van der Waals surface area (Å²) in [6.07, 6.45) is -1.71. The Kier molecular flexibility index (Phi) is 4.50. The summed E-state index contributed by atoms with van der Waals surface area (Å²) in [5.41, 5.74) is 6.35. The number of hydrogen-bond acceptors (Lipinski definition) is 2. The molecular weight excluding hydrogens is 293 g/mol. The van der Waals surface area contributed by atoms with Crippen LogP contribution in [0.15, 0.2) is 54.6 Å². The summed E-state index contributed by atoms with van der Waals surface area (Å²) in [5.74, 6) is -0.419. The van der Waals surface area contributed by atoms with Crippen LogP contribution in [0.4, 0.5) is 24.5 Å². The molecule has 0 spiro atoms. The summed E-state index contributed by atoms with van der Waals surface area (Å²) in [4.78, 5) is 11.7. The van der Waals surface area contributed by atoms with Crippen LogP contribution in [0, 0.1) is 0 Å². The number of rotatable bonds is 3. The van der Waals surface area contributed by atoms with Gasteiger partial charge in [-0.15, -0.1) is 0 Å². The minimum absolute atomic E-state index is 0.419. The number of hydrogen-bond donors (Lipinski definition) is 2. The fourth-order valence-corrected chi connectivity index (χ4v) is 1.74. The molecule has 0 heterocycles. The molecule has 6 heteroatoms. The van der Waals surface area contributed by atoms with Crippen LogP contribution in [0.2, 0.25) is 0 Å². The van der Waals surface area contributed by atoms with Gasteiger partial charge in [0.05, 0.1) is 16.9 Å². The van der Waals surface area contributed by atoms with Gasteiger partial charge in [0.2, 0.25) is 5.91 Å². The molecule has 3 N–H and O–H groups in total. The largest absolute Gasteiger partial charge is 0.416 e. The second-order valence-electron chi connectivity index (χ2n) is 4.53. The molecule has 3 nitrogen and oxygen atoms in total. The van der Waals surface area contributed by atoms with E-state index in [4.69, 9.17) is 5.73 Å². The Morgan fingerprint density at radius 1 is 1.05 bits per heavy atom. The Labute approximate surface area is 125 Å². The number of anilines is 2. The first-order valence-corrected chi connectivity index (χ1v) is 6.37. The van der Waals surface area contributed by atoms with Crippen LogP contribution in [0.3, 0.4) is 0 Å². The number of carbonyl (C=O) groups excluding carboxylic acids is 1. The first kappa shape index (κ1) is 15.6. The molecule has 0 unspecified atom stereocenters. The molecule has 0 aliphatic rings. The van der Waals surface area contributed by atoms with Gasteiger partial charge in [-0.1, -0.05) is 24.3 Å². The van der Waals surface area contributed by atoms with Crippen molar-refractivity contribution in [2.75, 3.05) is 11.1 Å². The summed E-state index contributed by atoms with van der Waals surface area (Å²) < 4.78 is 37.3. The maximum Gasteiger partial charge on any atom is 0.416 e. The van der Waals surface area contributed by atoms with Crippen molar-refractivity contribution >= 4 is 23.4 Å². The summed E-state index contributed by atoms with van der Waals surface area (Å²) in [7, 11) is 0. The average Bonchev–Trinajstić information content (AvgIpc) is 2.47. The zero-order valence-electron chi connectivity index (χ0n) is 11.4.